The Morgan fingerprint density at radius 2 is 1.41 bits per heavy atom. The van der Waals surface area contributed by atoms with E-state index in [0.29, 0.717) is 12.0 Å². The zero-order valence-electron chi connectivity index (χ0n) is 22.2. The normalized spacial score (nSPS) is 25.2. The van der Waals surface area contributed by atoms with E-state index < -0.39 is 36.8 Å². The van der Waals surface area contributed by atoms with Crippen LogP contribution < -0.4 is 0 Å². The van der Waals surface area contributed by atoms with Gasteiger partial charge in [0.1, 0.15) is 24.4 Å². The lowest BCUT2D eigenvalue weighted by Crippen LogP contribution is -2.64. The molecule has 0 radical (unpaired) electrons. The average Bonchev–Trinajstić information content (AvgIpc) is 3.60. The number of aliphatic hydroxyl groups excluding tert-OH is 4. The molecule has 3 heterocycles. The first kappa shape index (κ1) is 28.1. The van der Waals surface area contributed by atoms with Gasteiger partial charge in [0.25, 0.3) is 0 Å². The molecular formula is C31H34O6S2. The van der Waals surface area contributed by atoms with Gasteiger partial charge in [-0.1, -0.05) is 36.4 Å². The summed E-state index contributed by atoms with van der Waals surface area (Å²) in [6, 6.07) is 22.8. The average molecular weight is 567 g/mol. The number of hydrogen-bond acceptors (Lipinski definition) is 8. The lowest BCUT2D eigenvalue weighted by atomic mass is 9.86. The van der Waals surface area contributed by atoms with Gasteiger partial charge >= 0.3 is 0 Å². The van der Waals surface area contributed by atoms with Crippen molar-refractivity contribution in [3.8, 4) is 9.75 Å². The molecule has 4 aromatic rings. The quantitative estimate of drug-likeness (QED) is 0.250. The minimum Gasteiger partial charge on any atom is -0.394 e. The minimum absolute atomic E-state index is 0.512. The molecule has 5 atom stereocenters. The van der Waals surface area contributed by atoms with Crippen LogP contribution in [0.3, 0.4) is 0 Å². The first-order valence-electron chi connectivity index (χ1n) is 13.0. The first-order chi connectivity index (χ1) is 18.8. The lowest BCUT2D eigenvalue weighted by molar-refractivity contribution is -0.366. The third kappa shape index (κ3) is 5.49. The monoisotopic (exact) mass is 566 g/mol. The molecule has 0 saturated carbocycles. The van der Waals surface area contributed by atoms with E-state index in [4.69, 9.17) is 9.47 Å². The molecule has 1 fully saturated rings. The zero-order valence-corrected chi connectivity index (χ0v) is 23.8. The Morgan fingerprint density at radius 3 is 2.03 bits per heavy atom. The van der Waals surface area contributed by atoms with Crippen molar-refractivity contribution in [1.29, 1.82) is 0 Å². The van der Waals surface area contributed by atoms with Crippen LogP contribution in [0.25, 0.3) is 9.75 Å². The molecule has 0 aliphatic carbocycles. The van der Waals surface area contributed by atoms with Crippen LogP contribution in [-0.2, 0) is 28.1 Å². The Labute approximate surface area is 236 Å². The molecule has 1 saturated heterocycles. The van der Waals surface area contributed by atoms with Crippen LogP contribution >= 0.6 is 22.7 Å². The van der Waals surface area contributed by atoms with E-state index in [1.807, 2.05) is 30.4 Å². The van der Waals surface area contributed by atoms with Gasteiger partial charge in [0, 0.05) is 45.0 Å². The summed E-state index contributed by atoms with van der Waals surface area (Å²) >= 11 is 3.58. The molecule has 2 aromatic carbocycles. The van der Waals surface area contributed by atoms with Gasteiger partial charge in [0.15, 0.2) is 0 Å². The van der Waals surface area contributed by atoms with Crippen molar-refractivity contribution in [3.05, 3.63) is 104 Å². The van der Waals surface area contributed by atoms with Gasteiger partial charge in [0.2, 0.25) is 5.79 Å². The summed E-state index contributed by atoms with van der Waals surface area (Å²) in [4.78, 5) is 5.00. The maximum absolute atomic E-state index is 10.9. The Kier molecular flexibility index (Phi) is 8.37. The molecule has 206 valence electrons. The molecule has 1 aliphatic heterocycles. The van der Waals surface area contributed by atoms with E-state index in [0.717, 1.165) is 17.5 Å². The van der Waals surface area contributed by atoms with E-state index in [9.17, 15) is 20.4 Å². The highest BCUT2D eigenvalue weighted by molar-refractivity contribution is 7.22. The van der Waals surface area contributed by atoms with E-state index >= 15 is 0 Å². The van der Waals surface area contributed by atoms with Crippen LogP contribution in [-0.4, -0.2) is 58.6 Å². The molecule has 2 aromatic heterocycles. The summed E-state index contributed by atoms with van der Waals surface area (Å²) in [6.07, 6.45) is -4.01. The summed E-state index contributed by atoms with van der Waals surface area (Å²) in [6.45, 7) is 3.65. The van der Waals surface area contributed by atoms with Gasteiger partial charge in [-0.25, -0.2) is 0 Å². The highest BCUT2D eigenvalue weighted by atomic mass is 32.1. The second-order valence-corrected chi connectivity index (χ2v) is 12.4. The van der Waals surface area contributed by atoms with E-state index in [2.05, 4.69) is 55.5 Å². The Bertz CT molecular complexity index is 1430. The van der Waals surface area contributed by atoms with E-state index in [1.165, 1.54) is 37.7 Å². The van der Waals surface area contributed by atoms with E-state index in [-0.39, 0.29) is 0 Å². The second-order valence-electron chi connectivity index (χ2n) is 10.1. The topological polar surface area (TPSA) is 99.4 Å². The fourth-order valence-corrected chi connectivity index (χ4v) is 7.29. The lowest BCUT2D eigenvalue weighted by Gasteiger charge is -2.47. The van der Waals surface area contributed by atoms with Crippen LogP contribution in [0.15, 0.2) is 66.7 Å². The minimum atomic E-state index is -1.72. The molecule has 0 amide bonds. The Balaban J connectivity index is 1.37. The zero-order chi connectivity index (χ0) is 27.7. The van der Waals surface area contributed by atoms with Crippen molar-refractivity contribution in [3.63, 3.8) is 0 Å². The standard InChI is InChI=1S/C31H34O6S2/c1-18-6-4-5-7-20(18)15-23-10-12-26(38-23)27-13-11-24(39-27)16-21-14-22(9-8-19(21)2)31(36-3)30(35)29(34)28(33)25(17-32)37-31/h4-14,25,28-30,32-35H,15-17H2,1-3H3/t25-,28-,29+,30-,31?/m1/s1. The fourth-order valence-electron chi connectivity index (χ4n) is 5.14. The number of ether oxygens (including phenoxy) is 2. The first-order valence-corrected chi connectivity index (χ1v) is 14.6. The van der Waals surface area contributed by atoms with Gasteiger partial charge in [-0.3, -0.25) is 0 Å². The van der Waals surface area contributed by atoms with Crippen molar-refractivity contribution < 1.29 is 29.9 Å². The van der Waals surface area contributed by atoms with Crippen LogP contribution in [0.1, 0.15) is 37.6 Å². The molecule has 39 heavy (non-hydrogen) atoms. The molecule has 4 N–H and O–H groups in total. The number of rotatable bonds is 8. The van der Waals surface area contributed by atoms with Gasteiger partial charge in [-0.2, -0.15) is 0 Å². The predicted octanol–water partition coefficient (Wildman–Crippen LogP) is 4.55. The van der Waals surface area contributed by atoms with Crippen LogP contribution in [0.5, 0.6) is 0 Å². The molecule has 6 nitrogen and oxygen atoms in total. The molecule has 1 aliphatic rings. The summed E-state index contributed by atoms with van der Waals surface area (Å²) in [7, 11) is 1.38. The fraction of sp³-hybridized carbons (Fsp3) is 0.355. The second kappa shape index (κ2) is 11.6. The van der Waals surface area contributed by atoms with Crippen LogP contribution in [0.4, 0.5) is 0 Å². The molecule has 8 heteroatoms. The Morgan fingerprint density at radius 1 is 0.795 bits per heavy atom. The van der Waals surface area contributed by atoms with Crippen LogP contribution in [0, 0.1) is 13.8 Å². The van der Waals surface area contributed by atoms with Crippen LogP contribution in [0.2, 0.25) is 0 Å². The van der Waals surface area contributed by atoms with Gasteiger partial charge in [0.05, 0.1) is 6.61 Å². The predicted molar refractivity (Wildman–Crippen MR) is 154 cm³/mol. The van der Waals surface area contributed by atoms with Crippen molar-refractivity contribution in [1.82, 2.24) is 0 Å². The maximum atomic E-state index is 10.9. The molecule has 0 bridgehead atoms. The summed E-state index contributed by atoms with van der Waals surface area (Å²) in [5, 5.41) is 41.2. The van der Waals surface area contributed by atoms with Crippen molar-refractivity contribution in [2.45, 2.75) is 56.9 Å². The highest BCUT2D eigenvalue weighted by Crippen LogP contribution is 2.41. The number of aryl methyl sites for hydroxylation is 2. The summed E-state index contributed by atoms with van der Waals surface area (Å²) < 4.78 is 11.5. The molecule has 1 unspecified atom stereocenters. The smallest absolute Gasteiger partial charge is 0.224 e. The number of hydrogen-bond donors (Lipinski definition) is 4. The SMILES string of the molecule is COC1(c2ccc(C)c(Cc3ccc(-c4ccc(Cc5ccccc5C)s4)s3)c2)O[C@H](CO)[C@@H](O)[C@H](O)[C@H]1O. The van der Waals surface area contributed by atoms with Crippen molar-refractivity contribution in [2.75, 3.05) is 13.7 Å². The Hall–Kier alpha value is -2.40. The third-order valence-electron chi connectivity index (χ3n) is 7.56. The number of methoxy groups -OCH3 is 1. The van der Waals surface area contributed by atoms with E-state index in [1.54, 1.807) is 17.4 Å². The maximum Gasteiger partial charge on any atom is 0.224 e. The number of thiophene rings is 2. The van der Waals surface area contributed by atoms with Gasteiger partial charge in [-0.05, 0) is 66.4 Å². The highest BCUT2D eigenvalue weighted by Gasteiger charge is 2.55. The van der Waals surface area contributed by atoms with Crippen molar-refractivity contribution >= 4 is 22.7 Å². The number of benzene rings is 2. The van der Waals surface area contributed by atoms with Gasteiger partial charge in [-0.15, -0.1) is 22.7 Å². The molecule has 5 rings (SSSR count). The van der Waals surface area contributed by atoms with Gasteiger partial charge < -0.3 is 29.9 Å². The third-order valence-corrected chi connectivity index (χ3v) is 9.93. The summed E-state index contributed by atoms with van der Waals surface area (Å²) in [5.74, 6) is -1.72. The largest absolute Gasteiger partial charge is 0.394 e. The molecular weight excluding hydrogens is 532 g/mol. The van der Waals surface area contributed by atoms with Crippen molar-refractivity contribution in [2.24, 2.45) is 0 Å². The summed E-state index contributed by atoms with van der Waals surface area (Å²) in [5.41, 5.74) is 5.27. The number of aliphatic hydroxyl groups is 4. The molecule has 0 spiro atoms.